The normalized spacial score (nSPS) is 10.4. The highest BCUT2D eigenvalue weighted by Crippen LogP contribution is 2.39. The Balaban J connectivity index is 1.88. The summed E-state index contributed by atoms with van der Waals surface area (Å²) in [6.45, 7) is 7.99. The Morgan fingerprint density at radius 1 is 0.867 bits per heavy atom. The van der Waals surface area contributed by atoms with Crippen molar-refractivity contribution in [2.24, 2.45) is 0 Å². The van der Waals surface area contributed by atoms with E-state index in [4.69, 9.17) is 18.9 Å². The van der Waals surface area contributed by atoms with Gasteiger partial charge in [-0.25, -0.2) is 4.39 Å². The molecule has 0 saturated heterocycles. The maximum atomic E-state index is 12.9. The number of unbranched alkanes of at least 4 members (excludes halogenated alkanes) is 1. The van der Waals surface area contributed by atoms with E-state index in [1.807, 2.05) is 20.8 Å². The third kappa shape index (κ3) is 7.13. The molecule has 0 radical (unpaired) electrons. The lowest BCUT2D eigenvalue weighted by Crippen LogP contribution is -2.25. The zero-order valence-corrected chi connectivity index (χ0v) is 17.8. The Kier molecular flexibility index (Phi) is 9.77. The number of hydrogen-bond donors (Lipinski definition) is 1. The Hall–Kier alpha value is -2.96. The number of rotatable bonds is 13. The number of hydrogen-bond acceptors (Lipinski definition) is 5. The lowest BCUT2D eigenvalue weighted by molar-refractivity contribution is 0.0951. The lowest BCUT2D eigenvalue weighted by atomic mass is 10.1. The van der Waals surface area contributed by atoms with Crippen molar-refractivity contribution in [3.63, 3.8) is 0 Å². The van der Waals surface area contributed by atoms with Gasteiger partial charge in [-0.15, -0.1) is 0 Å². The smallest absolute Gasteiger partial charge is 0.251 e. The van der Waals surface area contributed by atoms with Gasteiger partial charge >= 0.3 is 0 Å². The number of amides is 1. The Bertz CT molecular complexity index is 768. The van der Waals surface area contributed by atoms with Crippen LogP contribution in [-0.4, -0.2) is 38.9 Å². The molecule has 0 atom stereocenters. The predicted molar refractivity (Wildman–Crippen MR) is 113 cm³/mol. The van der Waals surface area contributed by atoms with Crippen LogP contribution < -0.4 is 24.3 Å². The molecule has 7 heteroatoms. The van der Waals surface area contributed by atoms with Gasteiger partial charge in [-0.1, -0.05) is 0 Å². The molecular weight excluding hydrogens is 389 g/mol. The van der Waals surface area contributed by atoms with Crippen molar-refractivity contribution in [3.8, 4) is 23.0 Å². The molecule has 164 valence electrons. The summed E-state index contributed by atoms with van der Waals surface area (Å²) in [6.07, 6.45) is 1.51. The van der Waals surface area contributed by atoms with Crippen molar-refractivity contribution in [2.75, 3.05) is 33.0 Å². The van der Waals surface area contributed by atoms with E-state index in [1.54, 1.807) is 24.3 Å². The van der Waals surface area contributed by atoms with Crippen molar-refractivity contribution >= 4 is 5.91 Å². The minimum Gasteiger partial charge on any atom is -0.494 e. The fourth-order valence-electron chi connectivity index (χ4n) is 2.77. The van der Waals surface area contributed by atoms with Gasteiger partial charge in [0.05, 0.1) is 26.4 Å². The van der Waals surface area contributed by atoms with Gasteiger partial charge in [0.25, 0.3) is 5.91 Å². The molecule has 0 bridgehead atoms. The third-order valence-electron chi connectivity index (χ3n) is 4.11. The van der Waals surface area contributed by atoms with Crippen LogP contribution in [0.4, 0.5) is 4.39 Å². The molecule has 2 rings (SSSR count). The average molecular weight is 419 g/mol. The monoisotopic (exact) mass is 419 g/mol. The first-order valence-electron chi connectivity index (χ1n) is 10.3. The van der Waals surface area contributed by atoms with Crippen molar-refractivity contribution in [3.05, 3.63) is 47.8 Å². The minimum absolute atomic E-state index is 0.209. The molecular formula is C23H30FNO5. The minimum atomic E-state index is -0.292. The zero-order chi connectivity index (χ0) is 21.8. The Morgan fingerprint density at radius 2 is 1.47 bits per heavy atom. The van der Waals surface area contributed by atoms with Gasteiger partial charge < -0.3 is 24.3 Å². The SMILES string of the molecule is CCOc1cc(C(=O)NCCCCOc2ccc(F)cc2)cc(OCC)c1OCC. The van der Waals surface area contributed by atoms with E-state index >= 15 is 0 Å². The average Bonchev–Trinajstić information content (AvgIpc) is 2.74. The van der Waals surface area contributed by atoms with E-state index in [1.165, 1.54) is 12.1 Å². The Labute approximate surface area is 177 Å². The summed E-state index contributed by atoms with van der Waals surface area (Å²) in [5.74, 6) is 1.61. The highest BCUT2D eigenvalue weighted by Gasteiger charge is 2.18. The first-order chi connectivity index (χ1) is 14.6. The molecule has 0 fully saturated rings. The maximum absolute atomic E-state index is 12.9. The summed E-state index contributed by atoms with van der Waals surface area (Å²) in [4.78, 5) is 12.6. The van der Waals surface area contributed by atoms with Crippen LogP contribution in [-0.2, 0) is 0 Å². The second kappa shape index (κ2) is 12.6. The summed E-state index contributed by atoms with van der Waals surface area (Å²) in [5, 5.41) is 2.90. The molecule has 2 aromatic carbocycles. The van der Waals surface area contributed by atoms with Gasteiger partial charge in [-0.3, -0.25) is 4.79 Å². The summed E-state index contributed by atoms with van der Waals surface area (Å²) in [6, 6.07) is 9.25. The highest BCUT2D eigenvalue weighted by molar-refractivity contribution is 5.95. The molecule has 0 aromatic heterocycles. The van der Waals surface area contributed by atoms with Crippen LogP contribution in [0.25, 0.3) is 0 Å². The van der Waals surface area contributed by atoms with Crippen LogP contribution in [0.1, 0.15) is 44.0 Å². The number of halogens is 1. The number of carbonyl (C=O) groups is 1. The Morgan fingerprint density at radius 3 is 2.03 bits per heavy atom. The number of nitrogens with one attached hydrogen (secondary N) is 1. The molecule has 0 spiro atoms. The molecule has 1 amide bonds. The maximum Gasteiger partial charge on any atom is 0.251 e. The van der Waals surface area contributed by atoms with Crippen molar-refractivity contribution in [1.29, 1.82) is 0 Å². The lowest BCUT2D eigenvalue weighted by Gasteiger charge is -2.17. The molecule has 2 aromatic rings. The van der Waals surface area contributed by atoms with Crippen LogP contribution in [0.5, 0.6) is 23.0 Å². The molecule has 0 heterocycles. The van der Waals surface area contributed by atoms with E-state index in [0.717, 1.165) is 12.8 Å². The van der Waals surface area contributed by atoms with Crippen LogP contribution in [0.3, 0.4) is 0 Å². The van der Waals surface area contributed by atoms with Crippen LogP contribution in [0.2, 0.25) is 0 Å². The van der Waals surface area contributed by atoms with E-state index in [9.17, 15) is 9.18 Å². The number of ether oxygens (including phenoxy) is 4. The second-order valence-corrected chi connectivity index (χ2v) is 6.37. The first kappa shape index (κ1) is 23.3. The molecule has 0 unspecified atom stereocenters. The number of carbonyl (C=O) groups excluding carboxylic acids is 1. The van der Waals surface area contributed by atoms with E-state index in [-0.39, 0.29) is 11.7 Å². The second-order valence-electron chi connectivity index (χ2n) is 6.37. The summed E-state index contributed by atoms with van der Waals surface area (Å²) < 4.78 is 35.4. The molecule has 0 aliphatic rings. The third-order valence-corrected chi connectivity index (χ3v) is 4.11. The van der Waals surface area contributed by atoms with Crippen molar-refractivity contribution in [1.82, 2.24) is 5.32 Å². The molecule has 30 heavy (non-hydrogen) atoms. The van der Waals surface area contributed by atoms with Gasteiger partial charge in [-0.2, -0.15) is 0 Å². The fraction of sp³-hybridized carbons (Fsp3) is 0.435. The zero-order valence-electron chi connectivity index (χ0n) is 17.8. The molecule has 0 aliphatic heterocycles. The topological polar surface area (TPSA) is 66.0 Å². The van der Waals surface area contributed by atoms with Crippen molar-refractivity contribution < 1.29 is 28.1 Å². The standard InChI is InChI=1S/C23H30FNO5/c1-4-27-20-15-17(16-21(28-5-2)22(20)29-6-3)23(26)25-13-7-8-14-30-19-11-9-18(24)10-12-19/h9-12,15-16H,4-8,13-14H2,1-3H3,(H,25,26). The van der Waals surface area contributed by atoms with Gasteiger partial charge in [0.1, 0.15) is 11.6 Å². The predicted octanol–water partition coefficient (Wildman–Crippen LogP) is 4.61. The quantitative estimate of drug-likeness (QED) is 0.480. The van der Waals surface area contributed by atoms with E-state index in [2.05, 4.69) is 5.32 Å². The van der Waals surface area contributed by atoms with Crippen molar-refractivity contribution in [2.45, 2.75) is 33.6 Å². The van der Waals surface area contributed by atoms with E-state index in [0.29, 0.717) is 61.5 Å². The van der Waals surface area contributed by atoms with E-state index < -0.39 is 0 Å². The summed E-state index contributed by atoms with van der Waals surface area (Å²) in [5.41, 5.74) is 0.452. The van der Waals surface area contributed by atoms with Gasteiger partial charge in [0.15, 0.2) is 11.5 Å². The molecule has 0 aliphatic carbocycles. The summed E-state index contributed by atoms with van der Waals surface area (Å²) in [7, 11) is 0. The largest absolute Gasteiger partial charge is 0.494 e. The van der Waals surface area contributed by atoms with Crippen LogP contribution in [0, 0.1) is 5.82 Å². The van der Waals surface area contributed by atoms with Gasteiger partial charge in [0.2, 0.25) is 5.75 Å². The number of benzene rings is 2. The molecule has 6 nitrogen and oxygen atoms in total. The highest BCUT2D eigenvalue weighted by atomic mass is 19.1. The van der Waals surface area contributed by atoms with Gasteiger partial charge in [-0.05, 0) is 70.0 Å². The molecule has 1 N–H and O–H groups in total. The van der Waals surface area contributed by atoms with Gasteiger partial charge in [0, 0.05) is 12.1 Å². The van der Waals surface area contributed by atoms with Crippen LogP contribution >= 0.6 is 0 Å². The first-order valence-corrected chi connectivity index (χ1v) is 10.3. The molecule has 0 saturated carbocycles. The summed E-state index contributed by atoms with van der Waals surface area (Å²) >= 11 is 0. The van der Waals surface area contributed by atoms with Crippen LogP contribution in [0.15, 0.2) is 36.4 Å². The fourth-order valence-corrected chi connectivity index (χ4v) is 2.77.